The van der Waals surface area contributed by atoms with Gasteiger partial charge in [-0.2, -0.15) is 13.2 Å². The number of nitrogens with one attached hydrogen (secondary N) is 1. The lowest BCUT2D eigenvalue weighted by Crippen LogP contribution is -2.51. The molecular formula is C16H21F3N2O2. The van der Waals surface area contributed by atoms with Crippen molar-refractivity contribution < 1.29 is 22.7 Å². The highest BCUT2D eigenvalue weighted by Crippen LogP contribution is 2.44. The summed E-state index contributed by atoms with van der Waals surface area (Å²) < 4.78 is 44.4. The first-order valence-electron chi connectivity index (χ1n) is 7.37. The third-order valence-electron chi connectivity index (χ3n) is 4.48. The summed E-state index contributed by atoms with van der Waals surface area (Å²) in [6.45, 7) is 4.82. The van der Waals surface area contributed by atoms with E-state index in [0.29, 0.717) is 11.4 Å². The molecule has 1 atom stereocenters. The number of benzene rings is 1. The Kier molecular flexibility index (Phi) is 4.50. The van der Waals surface area contributed by atoms with Gasteiger partial charge in [0, 0.05) is 12.2 Å². The van der Waals surface area contributed by atoms with Crippen LogP contribution in [0.15, 0.2) is 18.2 Å². The van der Waals surface area contributed by atoms with Crippen LogP contribution < -0.4 is 10.1 Å². The number of hydrogen-bond acceptors (Lipinski definition) is 2. The van der Waals surface area contributed by atoms with Gasteiger partial charge in [0.25, 0.3) is 0 Å². The van der Waals surface area contributed by atoms with Gasteiger partial charge in [-0.3, -0.25) is 0 Å². The standard InChI is InChI=1S/C16H21F3N2O2/c1-10-9-11(5-6-12(10)23-4)20-14(22)21-8-7-13(15(21,2)3)16(17,18)19/h5-6,9,13H,7-8H2,1-4H3,(H,20,22)/t13-/m1/s1. The number of nitrogens with zero attached hydrogens (tertiary/aromatic N) is 1. The Balaban J connectivity index is 2.14. The molecular weight excluding hydrogens is 309 g/mol. The minimum absolute atomic E-state index is 0.0778. The second kappa shape index (κ2) is 5.94. The molecule has 1 aromatic rings. The monoisotopic (exact) mass is 330 g/mol. The van der Waals surface area contributed by atoms with Gasteiger partial charge in [-0.15, -0.1) is 0 Å². The molecule has 1 saturated heterocycles. The Morgan fingerprint density at radius 1 is 1.39 bits per heavy atom. The van der Waals surface area contributed by atoms with Crippen molar-refractivity contribution in [2.75, 3.05) is 19.0 Å². The van der Waals surface area contributed by atoms with E-state index in [4.69, 9.17) is 4.74 Å². The number of carbonyl (C=O) groups is 1. The van der Waals surface area contributed by atoms with E-state index in [1.165, 1.54) is 18.7 Å². The molecule has 1 aliphatic heterocycles. The Labute approximate surface area is 133 Å². The molecule has 1 fully saturated rings. The topological polar surface area (TPSA) is 41.6 Å². The van der Waals surface area contributed by atoms with Gasteiger partial charge in [0.2, 0.25) is 0 Å². The molecule has 1 heterocycles. The minimum atomic E-state index is -4.31. The van der Waals surface area contributed by atoms with Gasteiger partial charge in [-0.1, -0.05) is 0 Å². The van der Waals surface area contributed by atoms with Crippen molar-refractivity contribution in [1.29, 1.82) is 0 Å². The minimum Gasteiger partial charge on any atom is -0.496 e. The number of carbonyl (C=O) groups excluding carboxylic acids is 1. The highest BCUT2D eigenvalue weighted by molar-refractivity contribution is 5.90. The zero-order valence-electron chi connectivity index (χ0n) is 13.6. The number of ether oxygens (including phenoxy) is 1. The van der Waals surface area contributed by atoms with Crippen molar-refractivity contribution in [3.05, 3.63) is 23.8 Å². The van der Waals surface area contributed by atoms with E-state index in [1.807, 2.05) is 6.92 Å². The molecule has 0 radical (unpaired) electrons. The summed E-state index contributed by atoms with van der Waals surface area (Å²) in [5, 5.41) is 2.67. The van der Waals surface area contributed by atoms with Crippen molar-refractivity contribution in [2.45, 2.75) is 38.9 Å². The molecule has 1 aliphatic rings. The second-order valence-electron chi connectivity index (χ2n) is 6.30. The number of methoxy groups -OCH3 is 1. The lowest BCUT2D eigenvalue weighted by atomic mass is 9.88. The molecule has 0 aromatic heterocycles. The molecule has 0 spiro atoms. The van der Waals surface area contributed by atoms with Crippen molar-refractivity contribution in [3.63, 3.8) is 0 Å². The van der Waals surface area contributed by atoms with Crippen molar-refractivity contribution in [2.24, 2.45) is 5.92 Å². The van der Waals surface area contributed by atoms with Crippen LogP contribution in [0.5, 0.6) is 5.75 Å². The van der Waals surface area contributed by atoms with Crippen molar-refractivity contribution in [1.82, 2.24) is 4.90 Å². The number of likely N-dealkylation sites (tertiary alicyclic amines) is 1. The van der Waals surface area contributed by atoms with Gasteiger partial charge < -0.3 is 15.0 Å². The van der Waals surface area contributed by atoms with Crippen LogP contribution in [0.4, 0.5) is 23.7 Å². The maximum absolute atomic E-state index is 13.1. The van der Waals surface area contributed by atoms with Crippen LogP contribution in [0.3, 0.4) is 0 Å². The van der Waals surface area contributed by atoms with E-state index < -0.39 is 23.7 Å². The van der Waals surface area contributed by atoms with Crippen molar-refractivity contribution in [3.8, 4) is 5.75 Å². The molecule has 0 saturated carbocycles. The summed E-state index contributed by atoms with van der Waals surface area (Å²) in [7, 11) is 1.55. The first-order valence-corrected chi connectivity index (χ1v) is 7.37. The van der Waals surface area contributed by atoms with E-state index >= 15 is 0 Å². The predicted molar refractivity (Wildman–Crippen MR) is 81.7 cm³/mol. The zero-order valence-corrected chi connectivity index (χ0v) is 13.6. The SMILES string of the molecule is COc1ccc(NC(=O)N2CC[C@@H](C(F)(F)F)C2(C)C)cc1C. The summed E-state index contributed by atoms with van der Waals surface area (Å²) in [6.07, 6.45) is -4.39. The number of urea groups is 1. The van der Waals surface area contributed by atoms with Gasteiger partial charge >= 0.3 is 12.2 Å². The molecule has 1 aromatic carbocycles. The maximum atomic E-state index is 13.1. The van der Waals surface area contributed by atoms with E-state index in [-0.39, 0.29) is 13.0 Å². The smallest absolute Gasteiger partial charge is 0.394 e. The summed E-state index contributed by atoms with van der Waals surface area (Å²) in [5.74, 6) is -0.833. The normalized spacial score (nSPS) is 20.5. The number of anilines is 1. The van der Waals surface area contributed by atoms with Crippen LogP contribution in [-0.2, 0) is 0 Å². The molecule has 2 rings (SSSR count). The Morgan fingerprint density at radius 2 is 2.04 bits per heavy atom. The van der Waals surface area contributed by atoms with Crippen LogP contribution in [0.2, 0.25) is 0 Å². The Morgan fingerprint density at radius 3 is 2.52 bits per heavy atom. The summed E-state index contributed by atoms with van der Waals surface area (Å²) >= 11 is 0. The first-order chi connectivity index (χ1) is 10.6. The molecule has 7 heteroatoms. The average Bonchev–Trinajstić information content (AvgIpc) is 2.74. The van der Waals surface area contributed by atoms with Gasteiger partial charge in [-0.25, -0.2) is 4.79 Å². The fourth-order valence-electron chi connectivity index (χ4n) is 3.16. The highest BCUT2D eigenvalue weighted by atomic mass is 19.4. The van der Waals surface area contributed by atoms with E-state index in [9.17, 15) is 18.0 Å². The van der Waals surface area contributed by atoms with Gasteiger partial charge in [-0.05, 0) is 51.0 Å². The molecule has 1 N–H and O–H groups in total. The molecule has 23 heavy (non-hydrogen) atoms. The molecule has 4 nitrogen and oxygen atoms in total. The number of hydrogen-bond donors (Lipinski definition) is 1. The lowest BCUT2D eigenvalue weighted by Gasteiger charge is -2.36. The molecule has 2 amide bonds. The van der Waals surface area contributed by atoms with E-state index in [1.54, 1.807) is 25.3 Å². The third-order valence-corrected chi connectivity index (χ3v) is 4.48. The second-order valence-corrected chi connectivity index (χ2v) is 6.30. The van der Waals surface area contributed by atoms with Crippen LogP contribution in [0.25, 0.3) is 0 Å². The fourth-order valence-corrected chi connectivity index (χ4v) is 3.16. The highest BCUT2D eigenvalue weighted by Gasteiger charge is 2.56. The van der Waals surface area contributed by atoms with Crippen LogP contribution >= 0.6 is 0 Å². The number of alkyl halides is 3. The van der Waals surface area contributed by atoms with Crippen LogP contribution in [0, 0.1) is 12.8 Å². The molecule has 0 aliphatic carbocycles. The number of rotatable bonds is 2. The maximum Gasteiger partial charge on any atom is 0.394 e. The summed E-state index contributed by atoms with van der Waals surface area (Å²) in [6, 6.07) is 4.57. The number of aryl methyl sites for hydroxylation is 1. The Bertz CT molecular complexity index is 599. The van der Waals surface area contributed by atoms with Crippen molar-refractivity contribution >= 4 is 11.7 Å². The average molecular weight is 330 g/mol. The Hall–Kier alpha value is -1.92. The van der Waals surface area contributed by atoms with Crippen LogP contribution in [0.1, 0.15) is 25.8 Å². The van der Waals surface area contributed by atoms with Gasteiger partial charge in [0.1, 0.15) is 5.75 Å². The van der Waals surface area contributed by atoms with Crippen LogP contribution in [-0.4, -0.2) is 36.3 Å². The van der Waals surface area contributed by atoms with Gasteiger partial charge in [0.05, 0.1) is 18.6 Å². The largest absolute Gasteiger partial charge is 0.496 e. The zero-order chi connectivity index (χ0) is 17.4. The number of halogens is 3. The third kappa shape index (κ3) is 3.38. The lowest BCUT2D eigenvalue weighted by molar-refractivity contribution is -0.189. The first kappa shape index (κ1) is 17.4. The molecule has 128 valence electrons. The predicted octanol–water partition coefficient (Wildman–Crippen LogP) is 4.20. The quantitative estimate of drug-likeness (QED) is 0.883. The van der Waals surface area contributed by atoms with E-state index in [0.717, 1.165) is 5.56 Å². The van der Waals surface area contributed by atoms with E-state index in [2.05, 4.69) is 5.32 Å². The molecule has 0 unspecified atom stereocenters. The summed E-state index contributed by atoms with van der Waals surface area (Å²) in [5.41, 5.74) is 0.0860. The molecule has 0 bridgehead atoms. The summed E-state index contributed by atoms with van der Waals surface area (Å²) in [4.78, 5) is 13.6. The fraction of sp³-hybridized carbons (Fsp3) is 0.562. The number of amides is 2. The van der Waals surface area contributed by atoms with Gasteiger partial charge in [0.15, 0.2) is 0 Å².